The highest BCUT2D eigenvalue weighted by Crippen LogP contribution is 2.40. The van der Waals surface area contributed by atoms with E-state index in [0.29, 0.717) is 30.3 Å². The molecule has 0 radical (unpaired) electrons. The van der Waals surface area contributed by atoms with Gasteiger partial charge in [0.1, 0.15) is 11.7 Å². The van der Waals surface area contributed by atoms with Crippen LogP contribution in [0, 0.1) is 23.7 Å². The Balaban J connectivity index is 2.11. The fourth-order valence-corrected chi connectivity index (χ4v) is 4.73. The van der Waals surface area contributed by atoms with E-state index in [4.69, 9.17) is 14.2 Å². The number of esters is 1. The van der Waals surface area contributed by atoms with Gasteiger partial charge in [0, 0.05) is 12.5 Å². The van der Waals surface area contributed by atoms with Crippen LogP contribution in [0.2, 0.25) is 0 Å². The van der Waals surface area contributed by atoms with Gasteiger partial charge in [-0.25, -0.2) is 9.59 Å². The molecule has 1 heterocycles. The second-order valence-electron chi connectivity index (χ2n) is 10.2. The molecule has 1 N–H and O–H groups in total. The van der Waals surface area contributed by atoms with Crippen molar-refractivity contribution >= 4 is 12.1 Å². The molecule has 1 saturated carbocycles. The lowest BCUT2D eigenvalue weighted by atomic mass is 9.75. The average molecular weight is 412 g/mol. The molecule has 0 aromatic rings. The third kappa shape index (κ3) is 7.80. The van der Waals surface area contributed by atoms with Gasteiger partial charge in [-0.1, -0.05) is 46.0 Å². The highest BCUT2D eigenvalue weighted by Gasteiger charge is 2.39. The van der Waals surface area contributed by atoms with Gasteiger partial charge in [0.05, 0.1) is 6.61 Å². The minimum absolute atomic E-state index is 0.111. The van der Waals surface area contributed by atoms with Crippen molar-refractivity contribution in [1.29, 1.82) is 0 Å². The first-order chi connectivity index (χ1) is 13.6. The molecule has 6 nitrogen and oxygen atoms in total. The summed E-state index contributed by atoms with van der Waals surface area (Å²) in [6.45, 7) is 12.6. The number of cyclic esters (lactones) is 1. The third-order valence-corrected chi connectivity index (χ3v) is 6.04. The van der Waals surface area contributed by atoms with Gasteiger partial charge in [-0.15, -0.1) is 0 Å². The van der Waals surface area contributed by atoms with E-state index in [2.05, 4.69) is 19.2 Å². The fraction of sp³-hybridized carbons (Fsp3) is 0.913. The summed E-state index contributed by atoms with van der Waals surface area (Å²) in [5, 5.41) is 2.63. The molecule has 1 aliphatic heterocycles. The number of hydrogen-bond donors (Lipinski definition) is 1. The molecule has 2 fully saturated rings. The zero-order chi connectivity index (χ0) is 21.6. The number of carbonyl (C=O) groups is 2. The van der Waals surface area contributed by atoms with Crippen molar-refractivity contribution in [1.82, 2.24) is 5.32 Å². The van der Waals surface area contributed by atoms with Crippen molar-refractivity contribution in [3.05, 3.63) is 0 Å². The molecule has 0 spiro atoms. The maximum Gasteiger partial charge on any atom is 0.408 e. The van der Waals surface area contributed by atoms with Crippen LogP contribution in [0.25, 0.3) is 0 Å². The number of carbonyl (C=O) groups excluding carboxylic acids is 2. The van der Waals surface area contributed by atoms with Gasteiger partial charge >= 0.3 is 12.1 Å². The van der Waals surface area contributed by atoms with Crippen molar-refractivity contribution in [2.45, 2.75) is 97.8 Å². The average Bonchev–Trinajstić information content (AvgIpc) is 3.10. The highest BCUT2D eigenvalue weighted by molar-refractivity contribution is 5.81. The van der Waals surface area contributed by atoms with E-state index in [-0.39, 0.29) is 12.7 Å². The Hall–Kier alpha value is -1.30. The standard InChI is InChI=1S/C23H41NO5/c1-15(2)11-12-18-13-27-14-19(24-22(26)29-23(4,5)6)21(25)28-16(3)20(18)17-9-7-8-10-17/h15-20H,7-14H2,1-6H3,(H,24,26)/t16-,18-,19-,20+/m0/s1. The summed E-state index contributed by atoms with van der Waals surface area (Å²) >= 11 is 0. The van der Waals surface area contributed by atoms with Crippen molar-refractivity contribution in [3.8, 4) is 0 Å². The zero-order valence-corrected chi connectivity index (χ0v) is 19.2. The molecular formula is C23H41NO5. The molecule has 6 heteroatoms. The van der Waals surface area contributed by atoms with Crippen molar-refractivity contribution < 1.29 is 23.8 Å². The van der Waals surface area contributed by atoms with Crippen LogP contribution in [-0.2, 0) is 19.0 Å². The summed E-state index contributed by atoms with van der Waals surface area (Å²) in [6, 6.07) is -0.847. The van der Waals surface area contributed by atoms with Crippen LogP contribution < -0.4 is 5.32 Å². The maximum absolute atomic E-state index is 12.8. The second-order valence-corrected chi connectivity index (χ2v) is 10.2. The van der Waals surface area contributed by atoms with Gasteiger partial charge in [0.15, 0.2) is 6.04 Å². The summed E-state index contributed by atoms with van der Waals surface area (Å²) < 4.78 is 17.2. The van der Waals surface area contributed by atoms with Gasteiger partial charge in [-0.3, -0.25) is 0 Å². The zero-order valence-electron chi connectivity index (χ0n) is 19.2. The molecule has 2 aliphatic rings. The van der Waals surface area contributed by atoms with E-state index >= 15 is 0 Å². The lowest BCUT2D eigenvalue weighted by Crippen LogP contribution is -2.47. The Morgan fingerprint density at radius 2 is 1.86 bits per heavy atom. The van der Waals surface area contributed by atoms with Crippen LogP contribution >= 0.6 is 0 Å². The van der Waals surface area contributed by atoms with Crippen LogP contribution in [0.15, 0.2) is 0 Å². The Morgan fingerprint density at radius 1 is 1.21 bits per heavy atom. The molecule has 2 rings (SSSR count). The topological polar surface area (TPSA) is 73.9 Å². The Morgan fingerprint density at radius 3 is 2.45 bits per heavy atom. The van der Waals surface area contributed by atoms with Crippen LogP contribution in [0.4, 0.5) is 4.79 Å². The molecule has 0 unspecified atom stereocenters. The lowest BCUT2D eigenvalue weighted by Gasteiger charge is -2.35. The predicted molar refractivity (Wildman–Crippen MR) is 113 cm³/mol. The maximum atomic E-state index is 12.8. The molecule has 1 saturated heterocycles. The number of nitrogens with one attached hydrogen (secondary N) is 1. The molecule has 168 valence electrons. The quantitative estimate of drug-likeness (QED) is 0.664. The molecule has 0 aromatic heterocycles. The SMILES string of the molecule is CC(C)CC[C@H]1COC[C@H](NC(=O)OC(C)(C)C)C(=O)O[C@@H](C)[C@@H]1C1CCCC1. The first kappa shape index (κ1) is 24.0. The minimum Gasteiger partial charge on any atom is -0.461 e. The molecule has 1 amide bonds. The first-order valence-electron chi connectivity index (χ1n) is 11.3. The molecule has 0 bridgehead atoms. The number of rotatable bonds is 5. The molecule has 1 aliphatic carbocycles. The van der Waals surface area contributed by atoms with Gasteiger partial charge in [0.25, 0.3) is 0 Å². The largest absolute Gasteiger partial charge is 0.461 e. The summed E-state index contributed by atoms with van der Waals surface area (Å²) in [6.07, 6.45) is 6.30. The van der Waals surface area contributed by atoms with Crippen LogP contribution in [0.1, 0.15) is 80.1 Å². The summed E-state index contributed by atoms with van der Waals surface area (Å²) in [4.78, 5) is 24.9. The van der Waals surface area contributed by atoms with Crippen LogP contribution in [0.3, 0.4) is 0 Å². The van der Waals surface area contributed by atoms with Crippen LogP contribution in [-0.4, -0.2) is 43.0 Å². The van der Waals surface area contributed by atoms with Crippen molar-refractivity contribution in [2.24, 2.45) is 23.7 Å². The lowest BCUT2D eigenvalue weighted by molar-refractivity contribution is -0.155. The van der Waals surface area contributed by atoms with Gasteiger partial charge in [-0.2, -0.15) is 0 Å². The van der Waals surface area contributed by atoms with E-state index in [0.717, 1.165) is 12.8 Å². The highest BCUT2D eigenvalue weighted by atomic mass is 16.6. The molecular weight excluding hydrogens is 370 g/mol. The van der Waals surface area contributed by atoms with Gasteiger partial charge < -0.3 is 19.5 Å². The number of amides is 1. The van der Waals surface area contributed by atoms with E-state index in [1.165, 1.54) is 25.7 Å². The van der Waals surface area contributed by atoms with E-state index < -0.39 is 23.7 Å². The molecule has 0 aromatic carbocycles. The van der Waals surface area contributed by atoms with Gasteiger partial charge in [-0.05, 0) is 51.9 Å². The van der Waals surface area contributed by atoms with Gasteiger partial charge in [0.2, 0.25) is 0 Å². The van der Waals surface area contributed by atoms with Crippen molar-refractivity contribution in [3.63, 3.8) is 0 Å². The van der Waals surface area contributed by atoms with E-state index in [1.54, 1.807) is 20.8 Å². The summed E-state index contributed by atoms with van der Waals surface area (Å²) in [7, 11) is 0. The monoisotopic (exact) mass is 411 g/mol. The first-order valence-corrected chi connectivity index (χ1v) is 11.3. The predicted octanol–water partition coefficient (Wildman–Crippen LogP) is 4.70. The molecule has 4 atom stereocenters. The van der Waals surface area contributed by atoms with E-state index in [9.17, 15) is 9.59 Å². The Kier molecular flexibility index (Phi) is 8.80. The van der Waals surface area contributed by atoms with E-state index in [1.807, 2.05) is 6.92 Å². The summed E-state index contributed by atoms with van der Waals surface area (Å²) in [5.41, 5.74) is -0.629. The Labute approximate surface area is 176 Å². The van der Waals surface area contributed by atoms with Crippen molar-refractivity contribution in [2.75, 3.05) is 13.2 Å². The van der Waals surface area contributed by atoms with Crippen LogP contribution in [0.5, 0.6) is 0 Å². The Bertz CT molecular complexity index is 536. The summed E-state index contributed by atoms with van der Waals surface area (Å²) in [5.74, 6) is 1.44. The normalized spacial score (nSPS) is 29.7. The number of hydrogen-bond acceptors (Lipinski definition) is 5. The fourth-order valence-electron chi connectivity index (χ4n) is 4.73. The smallest absolute Gasteiger partial charge is 0.408 e. The minimum atomic E-state index is -0.847. The molecule has 29 heavy (non-hydrogen) atoms. The number of ether oxygens (including phenoxy) is 3. The second kappa shape index (κ2) is 10.6. The number of alkyl carbamates (subject to hydrolysis) is 1. The third-order valence-electron chi connectivity index (χ3n) is 6.04.